The fraction of sp³-hybridized carbons (Fsp3) is 0.333. The van der Waals surface area contributed by atoms with Gasteiger partial charge < -0.3 is 16.2 Å². The van der Waals surface area contributed by atoms with E-state index in [1.54, 1.807) is 12.1 Å². The van der Waals surface area contributed by atoms with Crippen LogP contribution in [0.4, 0.5) is 5.69 Å². The van der Waals surface area contributed by atoms with Gasteiger partial charge in [0.15, 0.2) is 0 Å². The summed E-state index contributed by atoms with van der Waals surface area (Å²) in [5.74, 6) is -1.48. The van der Waals surface area contributed by atoms with Crippen molar-refractivity contribution in [1.82, 2.24) is 0 Å². The second kappa shape index (κ2) is 6.51. The lowest BCUT2D eigenvalue weighted by Crippen LogP contribution is -2.35. The standard InChI is InChI=1S/C12H15BrN2O3/c1-2-4-9(14)11(16)15-10-7(12(17)18)5-3-6-8(10)13/h3,5-6,9H,2,4,14H2,1H3,(H,15,16)(H,17,18). The number of carbonyl (C=O) groups is 2. The van der Waals surface area contributed by atoms with Crippen molar-refractivity contribution in [3.63, 3.8) is 0 Å². The van der Waals surface area contributed by atoms with Crippen LogP contribution in [0.2, 0.25) is 0 Å². The van der Waals surface area contributed by atoms with Gasteiger partial charge in [-0.3, -0.25) is 4.79 Å². The number of amides is 1. The van der Waals surface area contributed by atoms with Gasteiger partial charge in [0.05, 0.1) is 17.3 Å². The molecule has 0 heterocycles. The molecule has 6 heteroatoms. The van der Waals surface area contributed by atoms with Gasteiger partial charge in [0.2, 0.25) is 5.91 Å². The normalized spacial score (nSPS) is 11.9. The first-order valence-electron chi connectivity index (χ1n) is 5.55. The number of rotatable bonds is 5. The Labute approximate surface area is 113 Å². The topological polar surface area (TPSA) is 92.4 Å². The number of hydrogen-bond acceptors (Lipinski definition) is 3. The molecule has 1 aromatic rings. The van der Waals surface area contributed by atoms with Crippen LogP contribution >= 0.6 is 15.9 Å². The molecule has 0 saturated carbocycles. The van der Waals surface area contributed by atoms with E-state index in [2.05, 4.69) is 21.2 Å². The zero-order valence-corrected chi connectivity index (χ0v) is 11.5. The second-order valence-electron chi connectivity index (χ2n) is 3.85. The van der Waals surface area contributed by atoms with Gasteiger partial charge in [-0.25, -0.2) is 4.79 Å². The molecular weight excluding hydrogens is 300 g/mol. The third-order valence-electron chi connectivity index (χ3n) is 2.43. The van der Waals surface area contributed by atoms with Crippen molar-refractivity contribution in [2.75, 3.05) is 5.32 Å². The highest BCUT2D eigenvalue weighted by atomic mass is 79.9. The van der Waals surface area contributed by atoms with E-state index in [0.717, 1.165) is 6.42 Å². The van der Waals surface area contributed by atoms with Crippen molar-refractivity contribution < 1.29 is 14.7 Å². The van der Waals surface area contributed by atoms with Gasteiger partial charge in [0, 0.05) is 4.47 Å². The molecular formula is C12H15BrN2O3. The fourth-order valence-electron chi connectivity index (χ4n) is 1.49. The number of carboxylic acid groups (broad SMARTS) is 1. The average Bonchev–Trinajstić information content (AvgIpc) is 2.31. The summed E-state index contributed by atoms with van der Waals surface area (Å²) in [6.07, 6.45) is 1.34. The molecule has 1 unspecified atom stereocenters. The maximum absolute atomic E-state index is 11.8. The van der Waals surface area contributed by atoms with E-state index in [1.165, 1.54) is 6.07 Å². The maximum Gasteiger partial charge on any atom is 0.337 e. The number of anilines is 1. The number of hydrogen-bond donors (Lipinski definition) is 3. The number of halogens is 1. The van der Waals surface area contributed by atoms with E-state index in [9.17, 15) is 9.59 Å². The molecule has 1 atom stereocenters. The van der Waals surface area contributed by atoms with E-state index in [0.29, 0.717) is 10.9 Å². The van der Waals surface area contributed by atoms with Crippen LogP contribution in [-0.4, -0.2) is 23.0 Å². The summed E-state index contributed by atoms with van der Waals surface area (Å²) in [7, 11) is 0. The van der Waals surface area contributed by atoms with Crippen LogP contribution in [-0.2, 0) is 4.79 Å². The Morgan fingerprint density at radius 2 is 2.17 bits per heavy atom. The van der Waals surface area contributed by atoms with Crippen LogP contribution < -0.4 is 11.1 Å². The van der Waals surface area contributed by atoms with Crippen LogP contribution in [0.3, 0.4) is 0 Å². The first kappa shape index (κ1) is 14.7. The van der Waals surface area contributed by atoms with Gasteiger partial charge in [0.1, 0.15) is 0 Å². The molecule has 0 aliphatic rings. The number of carbonyl (C=O) groups excluding carboxylic acids is 1. The maximum atomic E-state index is 11.8. The summed E-state index contributed by atoms with van der Waals surface area (Å²) >= 11 is 3.21. The molecule has 18 heavy (non-hydrogen) atoms. The average molecular weight is 315 g/mol. The smallest absolute Gasteiger partial charge is 0.337 e. The molecule has 0 aliphatic heterocycles. The minimum atomic E-state index is -1.10. The Kier molecular flexibility index (Phi) is 5.30. The van der Waals surface area contributed by atoms with Gasteiger partial charge >= 0.3 is 5.97 Å². The van der Waals surface area contributed by atoms with Gasteiger partial charge in [-0.15, -0.1) is 0 Å². The summed E-state index contributed by atoms with van der Waals surface area (Å²) in [6, 6.07) is 4.04. The van der Waals surface area contributed by atoms with Crippen LogP contribution in [0.5, 0.6) is 0 Å². The van der Waals surface area contributed by atoms with E-state index in [-0.39, 0.29) is 17.2 Å². The lowest BCUT2D eigenvalue weighted by Gasteiger charge is -2.14. The van der Waals surface area contributed by atoms with Gasteiger partial charge in [-0.2, -0.15) is 0 Å². The van der Waals surface area contributed by atoms with Crippen molar-refractivity contribution in [1.29, 1.82) is 0 Å². The van der Waals surface area contributed by atoms with Crippen molar-refractivity contribution >= 4 is 33.5 Å². The predicted molar refractivity (Wildman–Crippen MR) is 72.6 cm³/mol. The van der Waals surface area contributed by atoms with Crippen molar-refractivity contribution in [3.05, 3.63) is 28.2 Å². The third kappa shape index (κ3) is 3.54. The minimum Gasteiger partial charge on any atom is -0.478 e. The van der Waals surface area contributed by atoms with E-state index in [4.69, 9.17) is 10.8 Å². The minimum absolute atomic E-state index is 0.0291. The number of nitrogens with one attached hydrogen (secondary N) is 1. The second-order valence-corrected chi connectivity index (χ2v) is 4.71. The highest BCUT2D eigenvalue weighted by Crippen LogP contribution is 2.26. The van der Waals surface area contributed by atoms with Gasteiger partial charge in [-0.1, -0.05) is 19.4 Å². The van der Waals surface area contributed by atoms with Crippen molar-refractivity contribution in [2.45, 2.75) is 25.8 Å². The van der Waals surface area contributed by atoms with Crippen molar-refractivity contribution in [2.24, 2.45) is 5.73 Å². The fourth-order valence-corrected chi connectivity index (χ4v) is 1.95. The molecule has 5 nitrogen and oxygen atoms in total. The van der Waals surface area contributed by atoms with Crippen LogP contribution in [0.25, 0.3) is 0 Å². The van der Waals surface area contributed by atoms with Crippen molar-refractivity contribution in [3.8, 4) is 0 Å². The zero-order valence-electron chi connectivity index (χ0n) is 9.94. The highest BCUT2D eigenvalue weighted by Gasteiger charge is 2.18. The number of nitrogens with two attached hydrogens (primary N) is 1. The number of aromatic carboxylic acids is 1. The molecule has 0 bridgehead atoms. The summed E-state index contributed by atoms with van der Waals surface area (Å²) in [6.45, 7) is 1.92. The molecule has 1 aromatic carbocycles. The molecule has 4 N–H and O–H groups in total. The van der Waals surface area contributed by atoms with E-state index < -0.39 is 12.0 Å². The first-order chi connectivity index (χ1) is 8.47. The Morgan fingerprint density at radius 1 is 1.50 bits per heavy atom. The summed E-state index contributed by atoms with van der Waals surface area (Å²) in [4.78, 5) is 22.8. The Morgan fingerprint density at radius 3 is 2.72 bits per heavy atom. The Balaban J connectivity index is 2.96. The molecule has 98 valence electrons. The largest absolute Gasteiger partial charge is 0.478 e. The van der Waals surface area contributed by atoms with Crippen LogP contribution in [0, 0.1) is 0 Å². The predicted octanol–water partition coefficient (Wildman–Crippen LogP) is 2.21. The van der Waals surface area contributed by atoms with Crippen LogP contribution in [0.15, 0.2) is 22.7 Å². The van der Waals surface area contributed by atoms with Gasteiger partial charge in [-0.05, 0) is 34.5 Å². The summed E-state index contributed by atoms with van der Waals surface area (Å²) < 4.78 is 0.513. The molecule has 0 aromatic heterocycles. The third-order valence-corrected chi connectivity index (χ3v) is 3.09. The highest BCUT2D eigenvalue weighted by molar-refractivity contribution is 9.10. The summed E-state index contributed by atoms with van der Waals surface area (Å²) in [5.41, 5.74) is 5.94. The molecule has 0 fully saturated rings. The lowest BCUT2D eigenvalue weighted by molar-refractivity contribution is -0.117. The van der Waals surface area contributed by atoms with Crippen LogP contribution in [0.1, 0.15) is 30.1 Å². The monoisotopic (exact) mass is 314 g/mol. The zero-order chi connectivity index (χ0) is 13.7. The number of carboxylic acids is 1. The molecule has 0 aliphatic carbocycles. The number of benzene rings is 1. The van der Waals surface area contributed by atoms with E-state index in [1.807, 2.05) is 6.92 Å². The van der Waals surface area contributed by atoms with Gasteiger partial charge in [0.25, 0.3) is 0 Å². The lowest BCUT2D eigenvalue weighted by atomic mass is 10.1. The molecule has 0 saturated heterocycles. The summed E-state index contributed by atoms with van der Waals surface area (Å²) in [5, 5.41) is 11.6. The SMILES string of the molecule is CCCC(N)C(=O)Nc1c(Br)cccc1C(=O)O. The number of para-hydroxylation sites is 1. The molecule has 1 rings (SSSR count). The Hall–Kier alpha value is -1.40. The molecule has 0 radical (unpaired) electrons. The Bertz CT molecular complexity index is 463. The molecule has 1 amide bonds. The first-order valence-corrected chi connectivity index (χ1v) is 6.35. The van der Waals surface area contributed by atoms with E-state index >= 15 is 0 Å². The quantitative estimate of drug-likeness (QED) is 0.777. The molecule has 0 spiro atoms.